The van der Waals surface area contributed by atoms with E-state index in [-0.39, 0.29) is 17.4 Å². The molecule has 3 heterocycles. The lowest BCUT2D eigenvalue weighted by Gasteiger charge is -2.19. The van der Waals surface area contributed by atoms with Gasteiger partial charge in [0.05, 0.1) is 18.5 Å². The van der Waals surface area contributed by atoms with Crippen LogP contribution >= 0.6 is 0 Å². The van der Waals surface area contributed by atoms with Gasteiger partial charge < -0.3 is 15.0 Å². The smallest absolute Gasteiger partial charge is 0.252 e. The second-order valence-corrected chi connectivity index (χ2v) is 7.13. The molecule has 0 saturated carbocycles. The predicted octanol–water partition coefficient (Wildman–Crippen LogP) is 2.35. The average molecular weight is 405 g/mol. The van der Waals surface area contributed by atoms with Gasteiger partial charge in [-0.1, -0.05) is 12.1 Å². The molecule has 0 radical (unpaired) electrons. The highest BCUT2D eigenvalue weighted by atomic mass is 16.5. The molecule has 8 nitrogen and oxygen atoms in total. The Labute approximate surface area is 173 Å². The monoisotopic (exact) mass is 405 g/mol. The number of amides is 1. The van der Waals surface area contributed by atoms with Gasteiger partial charge >= 0.3 is 0 Å². The van der Waals surface area contributed by atoms with Gasteiger partial charge in [-0.25, -0.2) is 4.98 Å². The number of aromatic amines is 1. The van der Waals surface area contributed by atoms with Crippen molar-refractivity contribution >= 4 is 17.5 Å². The number of hydrogen-bond donors (Lipinski definition) is 2. The van der Waals surface area contributed by atoms with Gasteiger partial charge in [0.15, 0.2) is 0 Å². The Kier molecular flexibility index (Phi) is 5.74. The number of benzene rings is 1. The molecular weight excluding hydrogens is 382 g/mol. The van der Waals surface area contributed by atoms with Crippen molar-refractivity contribution < 1.29 is 9.53 Å². The topological polar surface area (TPSA) is 100 Å². The number of anilines is 2. The first-order chi connectivity index (χ1) is 14.6. The number of para-hydroxylation sites is 2. The van der Waals surface area contributed by atoms with E-state index in [9.17, 15) is 9.59 Å². The summed E-state index contributed by atoms with van der Waals surface area (Å²) >= 11 is 0. The van der Waals surface area contributed by atoms with Crippen LogP contribution in [0.4, 0.5) is 11.6 Å². The normalized spacial score (nSPS) is 16.0. The molecule has 30 heavy (non-hydrogen) atoms. The van der Waals surface area contributed by atoms with Gasteiger partial charge in [-0.3, -0.25) is 19.6 Å². The van der Waals surface area contributed by atoms with Crippen molar-refractivity contribution in [2.75, 3.05) is 30.4 Å². The number of aromatic nitrogens is 3. The Hall–Kier alpha value is -3.68. The van der Waals surface area contributed by atoms with Crippen molar-refractivity contribution in [1.29, 1.82) is 0 Å². The number of rotatable bonds is 7. The minimum Gasteiger partial charge on any atom is -0.495 e. The van der Waals surface area contributed by atoms with Crippen molar-refractivity contribution in [2.24, 2.45) is 0 Å². The molecular formula is C22H23N5O3. The number of methoxy groups -OCH3 is 1. The molecule has 1 amide bonds. The first-order valence-corrected chi connectivity index (χ1v) is 9.81. The van der Waals surface area contributed by atoms with Gasteiger partial charge in [0.2, 0.25) is 11.9 Å². The number of carbonyl (C=O) groups excluding carboxylic acids is 1. The van der Waals surface area contributed by atoms with Gasteiger partial charge in [0, 0.05) is 43.9 Å². The number of hydrogen-bond acceptors (Lipinski definition) is 6. The van der Waals surface area contributed by atoms with Crippen LogP contribution in [0.1, 0.15) is 23.6 Å². The predicted molar refractivity (Wildman–Crippen MR) is 114 cm³/mol. The molecule has 0 aliphatic carbocycles. The second-order valence-electron chi connectivity index (χ2n) is 7.13. The first-order valence-electron chi connectivity index (χ1n) is 9.81. The van der Waals surface area contributed by atoms with E-state index in [0.29, 0.717) is 36.9 Å². The Balaban J connectivity index is 1.47. The van der Waals surface area contributed by atoms with Crippen LogP contribution in [0, 0.1) is 0 Å². The first kappa shape index (κ1) is 19.6. The maximum absolute atomic E-state index is 12.7. The van der Waals surface area contributed by atoms with E-state index in [1.807, 2.05) is 36.4 Å². The highest BCUT2D eigenvalue weighted by Gasteiger charge is 2.34. The van der Waals surface area contributed by atoms with E-state index in [4.69, 9.17) is 4.74 Å². The van der Waals surface area contributed by atoms with E-state index < -0.39 is 0 Å². The lowest BCUT2D eigenvalue weighted by molar-refractivity contribution is -0.117. The van der Waals surface area contributed by atoms with Crippen LogP contribution < -0.4 is 20.5 Å². The molecule has 1 aliphatic rings. The van der Waals surface area contributed by atoms with Gasteiger partial charge in [-0.15, -0.1) is 0 Å². The fourth-order valence-electron chi connectivity index (χ4n) is 3.64. The zero-order valence-electron chi connectivity index (χ0n) is 16.7. The fraction of sp³-hybridized carbons (Fsp3) is 0.273. The maximum atomic E-state index is 12.7. The molecule has 1 unspecified atom stereocenters. The molecule has 2 N–H and O–H groups in total. The van der Waals surface area contributed by atoms with Crippen LogP contribution in [0.15, 0.2) is 59.7 Å². The molecule has 2 aromatic heterocycles. The van der Waals surface area contributed by atoms with Crippen molar-refractivity contribution in [2.45, 2.75) is 18.8 Å². The van der Waals surface area contributed by atoms with Crippen LogP contribution in [-0.4, -0.2) is 41.1 Å². The number of pyridine rings is 1. The summed E-state index contributed by atoms with van der Waals surface area (Å²) < 4.78 is 5.39. The highest BCUT2D eigenvalue weighted by Crippen LogP contribution is 2.35. The summed E-state index contributed by atoms with van der Waals surface area (Å²) in [5, 5.41) is 3.16. The molecule has 1 atom stereocenters. The summed E-state index contributed by atoms with van der Waals surface area (Å²) in [7, 11) is 1.58. The van der Waals surface area contributed by atoms with Crippen molar-refractivity contribution in [1.82, 2.24) is 15.0 Å². The maximum Gasteiger partial charge on any atom is 0.252 e. The standard InChI is InChI=1S/C22H23N5O3/c1-30-19-5-3-2-4-18(19)27-14-16(12-21(27)29)17-13-20(28)26-22(25-17)24-11-8-15-6-9-23-10-7-15/h2-7,9-10,13,16H,8,11-12,14H2,1H3,(H2,24,25,26,28). The quantitative estimate of drug-likeness (QED) is 0.626. The van der Waals surface area contributed by atoms with Crippen LogP contribution in [0.25, 0.3) is 0 Å². The molecule has 3 aromatic rings. The van der Waals surface area contributed by atoms with E-state index in [1.165, 1.54) is 6.07 Å². The second kappa shape index (κ2) is 8.77. The number of H-pyrrole nitrogens is 1. The summed E-state index contributed by atoms with van der Waals surface area (Å²) in [6.45, 7) is 1.07. The average Bonchev–Trinajstić information content (AvgIpc) is 3.15. The van der Waals surface area contributed by atoms with Crippen molar-refractivity contribution in [3.05, 3.63) is 76.5 Å². The van der Waals surface area contributed by atoms with Crippen LogP contribution in [0.3, 0.4) is 0 Å². The molecule has 4 rings (SSSR count). The van der Waals surface area contributed by atoms with Gasteiger partial charge in [-0.05, 0) is 36.2 Å². The minimum absolute atomic E-state index is 0.0150. The molecule has 1 aromatic carbocycles. The molecule has 0 spiro atoms. The van der Waals surface area contributed by atoms with Crippen LogP contribution in [-0.2, 0) is 11.2 Å². The molecule has 1 fully saturated rings. The van der Waals surface area contributed by atoms with E-state index >= 15 is 0 Å². The van der Waals surface area contributed by atoms with Crippen LogP contribution in [0.5, 0.6) is 5.75 Å². The third kappa shape index (κ3) is 4.32. The Morgan fingerprint density at radius 1 is 1.20 bits per heavy atom. The number of nitrogens with zero attached hydrogens (tertiary/aromatic N) is 3. The Morgan fingerprint density at radius 3 is 2.80 bits per heavy atom. The largest absolute Gasteiger partial charge is 0.495 e. The van der Waals surface area contributed by atoms with Gasteiger partial charge in [0.1, 0.15) is 5.75 Å². The Bertz CT molecular complexity index is 1080. The number of ether oxygens (including phenoxy) is 1. The minimum atomic E-state index is -0.241. The van der Waals surface area contributed by atoms with E-state index in [1.54, 1.807) is 24.4 Å². The SMILES string of the molecule is COc1ccccc1N1CC(c2cc(=O)[nH]c(NCCc3ccncc3)n2)CC1=O. The number of nitrogens with one attached hydrogen (secondary N) is 2. The van der Waals surface area contributed by atoms with Gasteiger partial charge in [0.25, 0.3) is 5.56 Å². The molecule has 0 bridgehead atoms. The summed E-state index contributed by atoms with van der Waals surface area (Å²) in [6.07, 6.45) is 4.58. The molecule has 8 heteroatoms. The summed E-state index contributed by atoms with van der Waals surface area (Å²) in [6, 6.07) is 12.8. The summed E-state index contributed by atoms with van der Waals surface area (Å²) in [5.74, 6) is 0.878. The summed E-state index contributed by atoms with van der Waals surface area (Å²) in [5.41, 5.74) is 2.24. The number of carbonyl (C=O) groups is 1. The van der Waals surface area contributed by atoms with Crippen molar-refractivity contribution in [3.63, 3.8) is 0 Å². The molecule has 1 saturated heterocycles. The van der Waals surface area contributed by atoms with E-state index in [2.05, 4.69) is 20.3 Å². The zero-order chi connectivity index (χ0) is 20.9. The van der Waals surface area contributed by atoms with Gasteiger partial charge in [-0.2, -0.15) is 0 Å². The Morgan fingerprint density at radius 2 is 2.00 bits per heavy atom. The fourth-order valence-corrected chi connectivity index (χ4v) is 3.64. The zero-order valence-corrected chi connectivity index (χ0v) is 16.7. The van der Waals surface area contributed by atoms with Crippen LogP contribution in [0.2, 0.25) is 0 Å². The van der Waals surface area contributed by atoms with E-state index in [0.717, 1.165) is 17.7 Å². The molecule has 154 valence electrons. The third-order valence-corrected chi connectivity index (χ3v) is 5.14. The highest BCUT2D eigenvalue weighted by molar-refractivity contribution is 5.97. The lowest BCUT2D eigenvalue weighted by atomic mass is 10.0. The third-order valence-electron chi connectivity index (χ3n) is 5.14. The molecule has 1 aliphatic heterocycles. The van der Waals surface area contributed by atoms with Crippen molar-refractivity contribution in [3.8, 4) is 5.75 Å². The summed E-state index contributed by atoms with van der Waals surface area (Å²) in [4.78, 5) is 37.8. The lowest BCUT2D eigenvalue weighted by Crippen LogP contribution is -2.25.